The zero-order chi connectivity index (χ0) is 22.9. The summed E-state index contributed by atoms with van der Waals surface area (Å²) >= 11 is 12.7. The highest BCUT2D eigenvalue weighted by Gasteiger charge is 2.28. The highest BCUT2D eigenvalue weighted by atomic mass is 35.5. The van der Waals surface area contributed by atoms with E-state index in [9.17, 15) is 4.79 Å². The van der Waals surface area contributed by atoms with Crippen LogP contribution in [0.15, 0.2) is 18.6 Å². The summed E-state index contributed by atoms with van der Waals surface area (Å²) in [6, 6.07) is 0.272. The molecule has 12 heteroatoms. The summed E-state index contributed by atoms with van der Waals surface area (Å²) in [5.41, 5.74) is 1.41. The van der Waals surface area contributed by atoms with Crippen LogP contribution in [-0.4, -0.2) is 79.5 Å². The van der Waals surface area contributed by atoms with E-state index in [1.807, 2.05) is 38.4 Å². The molecule has 3 aromatic heterocycles. The van der Waals surface area contributed by atoms with Crippen LogP contribution in [-0.2, 0) is 11.3 Å². The summed E-state index contributed by atoms with van der Waals surface area (Å²) in [4.78, 5) is 25.5. The first-order valence-corrected chi connectivity index (χ1v) is 11.9. The van der Waals surface area contributed by atoms with E-state index >= 15 is 0 Å². The minimum Gasteiger partial charge on any atom is -0.378 e. The smallest absolute Gasteiger partial charge is 0.320 e. The minimum atomic E-state index is 0.0991. The number of rotatable bonds is 4. The van der Waals surface area contributed by atoms with Gasteiger partial charge in [-0.15, -0.1) is 0 Å². The lowest BCUT2D eigenvalue weighted by molar-refractivity contribution is 0.0401. The predicted molar refractivity (Wildman–Crippen MR) is 126 cm³/mol. The molecule has 2 aliphatic rings. The van der Waals surface area contributed by atoms with Gasteiger partial charge in [-0.25, -0.2) is 9.78 Å². The molecule has 2 amide bonds. The molecule has 2 saturated heterocycles. The number of ether oxygens (including phenoxy) is 1. The summed E-state index contributed by atoms with van der Waals surface area (Å²) in [6.45, 7) is 6.70. The number of urea groups is 1. The van der Waals surface area contributed by atoms with Crippen LogP contribution < -0.4 is 5.32 Å². The van der Waals surface area contributed by atoms with Gasteiger partial charge in [-0.2, -0.15) is 10.1 Å². The number of nitrogens with one attached hydrogen (secondary N) is 1. The summed E-state index contributed by atoms with van der Waals surface area (Å²) in [7, 11) is 0. The molecule has 33 heavy (non-hydrogen) atoms. The number of anilines is 2. The van der Waals surface area contributed by atoms with Gasteiger partial charge in [0.25, 0.3) is 0 Å². The Kier molecular flexibility index (Phi) is 6.31. The molecule has 0 atom stereocenters. The van der Waals surface area contributed by atoms with E-state index in [1.165, 1.54) is 0 Å². The lowest BCUT2D eigenvalue weighted by Gasteiger charge is -2.37. The average Bonchev–Trinajstić information content (AvgIpc) is 3.38. The van der Waals surface area contributed by atoms with Crippen LogP contribution in [0.5, 0.6) is 0 Å². The van der Waals surface area contributed by atoms with Gasteiger partial charge in [0, 0.05) is 45.1 Å². The third-order valence-electron chi connectivity index (χ3n) is 6.23. The van der Waals surface area contributed by atoms with Gasteiger partial charge in [0.2, 0.25) is 5.95 Å². The molecule has 1 N–H and O–H groups in total. The van der Waals surface area contributed by atoms with Crippen molar-refractivity contribution in [3.63, 3.8) is 0 Å². The number of nitrogens with zero attached hydrogens (tertiary/aromatic N) is 7. The average molecular weight is 493 g/mol. The first-order chi connectivity index (χ1) is 16.0. The molecule has 2 fully saturated rings. The van der Waals surface area contributed by atoms with Gasteiger partial charge in [0.15, 0.2) is 5.15 Å². The van der Waals surface area contributed by atoms with Crippen molar-refractivity contribution in [3.8, 4) is 0 Å². The van der Waals surface area contributed by atoms with Gasteiger partial charge >= 0.3 is 6.03 Å². The van der Waals surface area contributed by atoms with Crippen molar-refractivity contribution in [1.82, 2.24) is 34.1 Å². The molecule has 0 spiro atoms. The van der Waals surface area contributed by atoms with Gasteiger partial charge in [-0.3, -0.25) is 4.68 Å². The number of halogens is 2. The molecule has 0 unspecified atom stereocenters. The van der Waals surface area contributed by atoms with E-state index in [2.05, 4.69) is 20.4 Å². The van der Waals surface area contributed by atoms with Crippen molar-refractivity contribution in [2.45, 2.75) is 32.4 Å². The SMILES string of the molecule is CCn1cc(Cl)c2cnc(Nc3cn(C4CCN(C(=O)N5CCOCC5)CC4)nc3Cl)nc21. The maximum absolute atomic E-state index is 12.7. The first kappa shape index (κ1) is 22.2. The number of carbonyl (C=O) groups is 1. The van der Waals surface area contributed by atoms with Gasteiger partial charge in [0.05, 0.1) is 41.5 Å². The van der Waals surface area contributed by atoms with Crippen molar-refractivity contribution < 1.29 is 9.53 Å². The molecule has 0 aromatic carbocycles. The van der Waals surface area contributed by atoms with E-state index in [0.717, 1.165) is 30.4 Å². The largest absolute Gasteiger partial charge is 0.378 e. The quantitative estimate of drug-likeness (QED) is 0.595. The molecule has 3 aromatic rings. The Bertz CT molecular complexity index is 1150. The number of aryl methyl sites for hydroxylation is 1. The van der Waals surface area contributed by atoms with Crippen molar-refractivity contribution in [1.29, 1.82) is 0 Å². The lowest BCUT2D eigenvalue weighted by atomic mass is 10.1. The lowest BCUT2D eigenvalue weighted by Crippen LogP contribution is -2.50. The first-order valence-electron chi connectivity index (χ1n) is 11.2. The number of morpholine rings is 1. The maximum atomic E-state index is 12.7. The topological polar surface area (TPSA) is 93.3 Å². The van der Waals surface area contributed by atoms with Crippen LogP contribution in [0.4, 0.5) is 16.4 Å². The fourth-order valence-corrected chi connectivity index (χ4v) is 4.80. The van der Waals surface area contributed by atoms with E-state index in [-0.39, 0.29) is 12.1 Å². The van der Waals surface area contributed by atoms with Crippen LogP contribution in [0, 0.1) is 0 Å². The molecule has 0 aliphatic carbocycles. The third kappa shape index (κ3) is 4.47. The van der Waals surface area contributed by atoms with E-state index in [4.69, 9.17) is 27.9 Å². The van der Waals surface area contributed by atoms with Gasteiger partial charge in [-0.05, 0) is 19.8 Å². The Morgan fingerprint density at radius 2 is 1.88 bits per heavy atom. The fourth-order valence-electron chi connectivity index (χ4n) is 4.37. The molecule has 5 rings (SSSR count). The van der Waals surface area contributed by atoms with Crippen molar-refractivity contribution in [2.75, 3.05) is 44.7 Å². The Balaban J connectivity index is 1.25. The third-order valence-corrected chi connectivity index (χ3v) is 6.81. The van der Waals surface area contributed by atoms with Crippen LogP contribution in [0.3, 0.4) is 0 Å². The highest BCUT2D eigenvalue weighted by Crippen LogP contribution is 2.30. The second-order valence-corrected chi connectivity index (χ2v) is 9.00. The van der Waals surface area contributed by atoms with Crippen LogP contribution in [0.1, 0.15) is 25.8 Å². The number of hydrogen-bond acceptors (Lipinski definition) is 6. The van der Waals surface area contributed by atoms with Gasteiger partial charge < -0.3 is 24.4 Å². The van der Waals surface area contributed by atoms with E-state index < -0.39 is 0 Å². The Hall–Kier alpha value is -2.56. The number of carbonyl (C=O) groups excluding carboxylic acids is 1. The normalized spacial score (nSPS) is 17.7. The zero-order valence-electron chi connectivity index (χ0n) is 18.4. The van der Waals surface area contributed by atoms with Crippen molar-refractivity contribution >= 4 is 51.9 Å². The minimum absolute atomic E-state index is 0.0991. The van der Waals surface area contributed by atoms with Crippen LogP contribution in [0.25, 0.3) is 11.0 Å². The second-order valence-electron chi connectivity index (χ2n) is 8.23. The molecular weight excluding hydrogens is 467 g/mol. The molecule has 5 heterocycles. The summed E-state index contributed by atoms with van der Waals surface area (Å²) < 4.78 is 9.20. The number of amides is 2. The van der Waals surface area contributed by atoms with Crippen molar-refractivity contribution in [2.24, 2.45) is 0 Å². The Morgan fingerprint density at radius 3 is 2.61 bits per heavy atom. The summed E-state index contributed by atoms with van der Waals surface area (Å²) in [6.07, 6.45) is 7.08. The Labute approximate surface area is 201 Å². The standard InChI is InChI=1S/C21H26Cl2N8O2/c1-2-28-12-16(22)15-11-24-20(26-19(15)28)25-17-13-31(27-18(17)23)14-3-5-29(6-4-14)21(32)30-7-9-33-10-8-30/h11-14H,2-10H2,1H3,(H,24,25,26). The molecule has 2 aliphatic heterocycles. The fraction of sp³-hybridized carbons (Fsp3) is 0.524. The van der Waals surface area contributed by atoms with Gasteiger partial charge in [-0.1, -0.05) is 23.2 Å². The second kappa shape index (κ2) is 9.36. The molecule has 10 nitrogen and oxygen atoms in total. The number of likely N-dealkylation sites (tertiary alicyclic amines) is 1. The number of hydrogen-bond donors (Lipinski definition) is 1. The molecule has 0 saturated carbocycles. The molecule has 0 radical (unpaired) electrons. The Morgan fingerprint density at radius 1 is 1.15 bits per heavy atom. The summed E-state index contributed by atoms with van der Waals surface area (Å²) in [5, 5.41) is 9.47. The van der Waals surface area contributed by atoms with Crippen LogP contribution in [0.2, 0.25) is 10.2 Å². The number of piperidine rings is 1. The van der Waals surface area contributed by atoms with Crippen molar-refractivity contribution in [3.05, 3.63) is 28.8 Å². The maximum Gasteiger partial charge on any atom is 0.320 e. The molecular formula is C21H26Cl2N8O2. The number of aromatic nitrogens is 5. The zero-order valence-corrected chi connectivity index (χ0v) is 19.9. The number of fused-ring (bicyclic) bond motifs is 1. The predicted octanol–water partition coefficient (Wildman–Crippen LogP) is 3.79. The molecule has 0 bridgehead atoms. The van der Waals surface area contributed by atoms with E-state index in [1.54, 1.807) is 6.20 Å². The van der Waals surface area contributed by atoms with Gasteiger partial charge in [0.1, 0.15) is 5.65 Å². The monoisotopic (exact) mass is 492 g/mol. The summed E-state index contributed by atoms with van der Waals surface area (Å²) in [5.74, 6) is 0.430. The highest BCUT2D eigenvalue weighted by molar-refractivity contribution is 6.35. The molecule has 176 valence electrons. The van der Waals surface area contributed by atoms with E-state index in [0.29, 0.717) is 61.2 Å². The van der Waals surface area contributed by atoms with Crippen LogP contribution >= 0.6 is 23.2 Å².